The SMILES string of the molecule is CC(=O)O.CN1CCC(N(Cc2ccc(F)cc2F)C(=O)NCc2ccc3c(c2)OC(C)(C)CC3O)CC1. The fraction of sp³-hybridized carbons (Fsp3) is 0.500. The van der Waals surface area contributed by atoms with Gasteiger partial charge in [0.1, 0.15) is 23.0 Å². The molecule has 2 aromatic carbocycles. The number of nitrogens with zero attached hydrogens (tertiary/aromatic N) is 2. The summed E-state index contributed by atoms with van der Waals surface area (Å²) in [6.07, 6.45) is 1.49. The van der Waals surface area contributed by atoms with E-state index in [1.165, 1.54) is 12.1 Å². The number of carboxylic acid groups (broad SMARTS) is 1. The highest BCUT2D eigenvalue weighted by Gasteiger charge is 2.33. The molecule has 2 aliphatic rings. The first-order valence-corrected chi connectivity index (χ1v) is 12.7. The smallest absolute Gasteiger partial charge is 0.318 e. The third-order valence-electron chi connectivity index (χ3n) is 6.70. The number of halogens is 2. The first-order valence-electron chi connectivity index (χ1n) is 12.7. The minimum Gasteiger partial charge on any atom is -0.487 e. The maximum atomic E-state index is 14.4. The zero-order valence-corrected chi connectivity index (χ0v) is 22.3. The van der Waals surface area contributed by atoms with E-state index in [4.69, 9.17) is 14.6 Å². The molecule has 0 spiro atoms. The number of urea groups is 1. The normalized spacial score (nSPS) is 18.9. The van der Waals surface area contributed by atoms with Gasteiger partial charge in [-0.05, 0) is 64.5 Å². The number of amides is 2. The highest BCUT2D eigenvalue weighted by atomic mass is 19.1. The van der Waals surface area contributed by atoms with Crippen LogP contribution in [0.5, 0.6) is 5.75 Å². The second-order valence-corrected chi connectivity index (χ2v) is 10.5. The molecular weight excluding hydrogens is 496 g/mol. The molecule has 0 aromatic heterocycles. The van der Waals surface area contributed by atoms with Crippen molar-refractivity contribution in [2.75, 3.05) is 20.1 Å². The highest BCUT2D eigenvalue weighted by molar-refractivity contribution is 5.74. The zero-order valence-electron chi connectivity index (χ0n) is 22.3. The Hall–Kier alpha value is -3.24. The maximum Gasteiger partial charge on any atom is 0.318 e. The minimum atomic E-state index is -0.833. The topological polar surface area (TPSA) is 102 Å². The van der Waals surface area contributed by atoms with Gasteiger partial charge in [0.25, 0.3) is 5.97 Å². The number of ether oxygens (including phenoxy) is 1. The number of fused-ring (bicyclic) bond motifs is 1. The molecule has 1 saturated heterocycles. The number of nitrogens with one attached hydrogen (secondary N) is 1. The van der Waals surface area contributed by atoms with Gasteiger partial charge in [0.05, 0.1) is 12.6 Å². The lowest BCUT2D eigenvalue weighted by Gasteiger charge is -2.37. The van der Waals surface area contributed by atoms with Crippen molar-refractivity contribution in [2.24, 2.45) is 0 Å². The van der Waals surface area contributed by atoms with Crippen molar-refractivity contribution >= 4 is 12.0 Å². The molecule has 10 heteroatoms. The van der Waals surface area contributed by atoms with Crippen LogP contribution < -0.4 is 10.1 Å². The number of likely N-dealkylation sites (tertiary alicyclic amines) is 1. The summed E-state index contributed by atoms with van der Waals surface area (Å²) in [6, 6.07) is 8.67. The molecule has 1 fully saturated rings. The van der Waals surface area contributed by atoms with Crippen molar-refractivity contribution in [3.05, 3.63) is 64.7 Å². The summed E-state index contributed by atoms with van der Waals surface area (Å²) >= 11 is 0. The molecule has 2 aliphatic heterocycles. The molecule has 4 rings (SSSR count). The third-order valence-corrected chi connectivity index (χ3v) is 6.70. The second-order valence-electron chi connectivity index (χ2n) is 10.5. The van der Waals surface area contributed by atoms with Gasteiger partial charge in [-0.15, -0.1) is 0 Å². The molecule has 2 aromatic rings. The fourth-order valence-electron chi connectivity index (χ4n) is 4.75. The molecular formula is C28H37F2N3O5. The van der Waals surface area contributed by atoms with Crippen LogP contribution in [0.3, 0.4) is 0 Å². The monoisotopic (exact) mass is 533 g/mol. The van der Waals surface area contributed by atoms with Gasteiger partial charge in [-0.25, -0.2) is 13.6 Å². The number of aliphatic carboxylic acids is 1. The van der Waals surface area contributed by atoms with Gasteiger partial charge < -0.3 is 30.1 Å². The number of rotatable bonds is 5. The number of hydrogen-bond donors (Lipinski definition) is 3. The second kappa shape index (κ2) is 12.5. The average molecular weight is 534 g/mol. The van der Waals surface area contributed by atoms with Crippen molar-refractivity contribution in [1.29, 1.82) is 0 Å². The summed E-state index contributed by atoms with van der Waals surface area (Å²) in [5.74, 6) is -1.51. The summed E-state index contributed by atoms with van der Waals surface area (Å²) in [7, 11) is 2.04. The molecule has 3 N–H and O–H groups in total. The Morgan fingerprint density at radius 2 is 1.82 bits per heavy atom. The molecule has 8 nitrogen and oxygen atoms in total. The molecule has 38 heavy (non-hydrogen) atoms. The van der Waals surface area contributed by atoms with Crippen LogP contribution in [0.1, 0.15) is 62.8 Å². The van der Waals surface area contributed by atoms with Crippen molar-refractivity contribution in [3.63, 3.8) is 0 Å². The molecule has 0 saturated carbocycles. The molecule has 0 radical (unpaired) electrons. The lowest BCUT2D eigenvalue weighted by molar-refractivity contribution is -0.134. The summed E-state index contributed by atoms with van der Waals surface area (Å²) in [5.41, 5.74) is 1.40. The zero-order chi connectivity index (χ0) is 28.0. The van der Waals surface area contributed by atoms with Crippen LogP contribution in [0.15, 0.2) is 36.4 Å². The Balaban J connectivity index is 0.000000934. The van der Waals surface area contributed by atoms with Crippen molar-refractivity contribution < 1.29 is 33.3 Å². The molecule has 1 unspecified atom stereocenters. The van der Waals surface area contributed by atoms with Gasteiger partial charge in [-0.1, -0.05) is 18.2 Å². The molecule has 2 heterocycles. The fourth-order valence-corrected chi connectivity index (χ4v) is 4.75. The van der Waals surface area contributed by atoms with Gasteiger partial charge in [0.2, 0.25) is 0 Å². The Labute approximate surface area is 222 Å². The first-order chi connectivity index (χ1) is 17.8. The predicted molar refractivity (Wildman–Crippen MR) is 139 cm³/mol. The van der Waals surface area contributed by atoms with E-state index in [1.54, 1.807) is 4.90 Å². The molecule has 1 atom stereocenters. The number of aliphatic hydroxyl groups excluding tert-OH is 1. The number of carbonyl (C=O) groups is 2. The standard InChI is InChI=1S/C26H33F2N3O3.C2H4O2/c1-26(2)14-23(32)21-7-4-17(12-24(21)34-26)15-29-25(33)31(20-8-10-30(3)11-9-20)16-18-5-6-19(27)13-22(18)28;1-2(3)4/h4-7,12-13,20,23,32H,8-11,14-16H2,1-3H3,(H,29,33);1H3,(H,3,4). The van der Waals surface area contributed by atoms with Crippen LogP contribution in [-0.4, -0.2) is 63.8 Å². The van der Waals surface area contributed by atoms with E-state index in [1.807, 2.05) is 39.1 Å². The summed E-state index contributed by atoms with van der Waals surface area (Å²) in [5, 5.41) is 20.8. The molecule has 0 aliphatic carbocycles. The summed E-state index contributed by atoms with van der Waals surface area (Å²) in [6.45, 7) is 6.98. The van der Waals surface area contributed by atoms with Gasteiger partial charge in [-0.3, -0.25) is 4.79 Å². The Morgan fingerprint density at radius 1 is 1.16 bits per heavy atom. The van der Waals surface area contributed by atoms with Gasteiger partial charge >= 0.3 is 6.03 Å². The van der Waals surface area contributed by atoms with Crippen LogP contribution in [0.25, 0.3) is 0 Å². The predicted octanol–water partition coefficient (Wildman–Crippen LogP) is 4.46. The molecule has 2 amide bonds. The van der Waals surface area contributed by atoms with Crippen LogP contribution in [0.4, 0.5) is 13.6 Å². The Kier molecular flexibility index (Phi) is 9.67. The van der Waals surface area contributed by atoms with Gasteiger partial charge in [0.15, 0.2) is 0 Å². The van der Waals surface area contributed by atoms with Crippen molar-refractivity contribution in [1.82, 2.24) is 15.1 Å². The van der Waals surface area contributed by atoms with E-state index in [0.29, 0.717) is 12.2 Å². The number of carboxylic acids is 1. The minimum absolute atomic E-state index is 0.0385. The maximum absolute atomic E-state index is 14.4. The van der Waals surface area contributed by atoms with E-state index in [9.17, 15) is 18.7 Å². The van der Waals surface area contributed by atoms with Gasteiger partial charge in [0, 0.05) is 43.1 Å². The van der Waals surface area contributed by atoms with E-state index in [-0.39, 0.29) is 30.7 Å². The lowest BCUT2D eigenvalue weighted by Crippen LogP contribution is -2.49. The van der Waals surface area contributed by atoms with Gasteiger partial charge in [-0.2, -0.15) is 0 Å². The van der Waals surface area contributed by atoms with Crippen LogP contribution in [0.2, 0.25) is 0 Å². The van der Waals surface area contributed by atoms with E-state index < -0.39 is 29.3 Å². The first kappa shape index (κ1) is 29.3. The average Bonchev–Trinajstić information content (AvgIpc) is 2.81. The Morgan fingerprint density at radius 3 is 2.45 bits per heavy atom. The number of benzene rings is 2. The van der Waals surface area contributed by atoms with Crippen LogP contribution in [-0.2, 0) is 17.9 Å². The van der Waals surface area contributed by atoms with Crippen molar-refractivity contribution in [3.8, 4) is 5.75 Å². The van der Waals surface area contributed by atoms with Crippen molar-refractivity contribution in [2.45, 2.75) is 70.9 Å². The van der Waals surface area contributed by atoms with E-state index >= 15 is 0 Å². The lowest BCUT2D eigenvalue weighted by atomic mass is 9.91. The summed E-state index contributed by atoms with van der Waals surface area (Å²) in [4.78, 5) is 26.1. The van der Waals surface area contributed by atoms with E-state index in [2.05, 4.69) is 10.2 Å². The largest absolute Gasteiger partial charge is 0.487 e. The quantitative estimate of drug-likeness (QED) is 0.525. The number of aliphatic hydroxyl groups is 1. The van der Waals surface area contributed by atoms with Crippen LogP contribution >= 0.6 is 0 Å². The number of hydrogen-bond acceptors (Lipinski definition) is 5. The summed E-state index contributed by atoms with van der Waals surface area (Å²) < 4.78 is 33.8. The third kappa shape index (κ3) is 8.13. The molecule has 208 valence electrons. The number of carbonyl (C=O) groups excluding carboxylic acids is 1. The highest BCUT2D eigenvalue weighted by Crippen LogP contribution is 2.39. The Bertz CT molecular complexity index is 1130. The van der Waals surface area contributed by atoms with Crippen LogP contribution in [0, 0.1) is 11.6 Å². The number of piperidine rings is 1. The molecule has 0 bridgehead atoms. The van der Waals surface area contributed by atoms with E-state index in [0.717, 1.165) is 50.0 Å².